The van der Waals surface area contributed by atoms with Crippen molar-refractivity contribution in [3.8, 4) is 17.6 Å². The zero-order valence-electron chi connectivity index (χ0n) is 26.5. The topological polar surface area (TPSA) is 77.5 Å². The molecule has 0 aromatic heterocycles. The Labute approximate surface area is 250 Å². The Hall–Kier alpha value is -1.69. The van der Waals surface area contributed by atoms with E-state index in [-0.39, 0.29) is 35.1 Å². The molecule has 1 N–H and O–H groups in total. The number of Topliss-reactive ketones (excluding diaryl/α,β-unsaturated/α-hetero) is 1. The number of methoxy groups -OCH3 is 1. The van der Waals surface area contributed by atoms with Gasteiger partial charge in [-0.1, -0.05) is 52.7 Å². The Kier molecular flexibility index (Phi) is 12.9. The van der Waals surface area contributed by atoms with Gasteiger partial charge in [-0.2, -0.15) is 0 Å². The Balaban J connectivity index is 1.54. The Morgan fingerprint density at radius 1 is 1.10 bits per heavy atom. The van der Waals surface area contributed by atoms with Crippen LogP contribution < -0.4 is 4.74 Å². The quantitative estimate of drug-likeness (QED) is 0.0965. The molecular formula is C34H54O6Si. The summed E-state index contributed by atoms with van der Waals surface area (Å²) in [6.07, 6.45) is 6.64. The average molecular weight is 587 g/mol. The number of aliphatic hydroxyl groups is 1. The third-order valence-corrected chi connectivity index (χ3v) is 13.7. The van der Waals surface area contributed by atoms with Crippen molar-refractivity contribution in [2.75, 3.05) is 13.7 Å². The summed E-state index contributed by atoms with van der Waals surface area (Å²) >= 11 is 0. The number of unbranched alkanes of at least 4 members (excludes halogenated alkanes) is 4. The SMILES string of the molecule is CCCCCC#CC[C@@H]1C(C(O)[C@H]2O[C@@H]2CCCCO[Si](C)(C)C(C)(C)C)C(=O)C[C@H]1OCc1ccc(OC)cc1. The molecule has 1 heterocycles. The molecule has 41 heavy (non-hydrogen) atoms. The molecule has 1 aliphatic carbocycles. The molecule has 7 heteroatoms. The zero-order chi connectivity index (χ0) is 30.0. The highest BCUT2D eigenvalue weighted by Crippen LogP contribution is 2.42. The second kappa shape index (κ2) is 15.7. The van der Waals surface area contributed by atoms with Crippen molar-refractivity contribution >= 4 is 14.1 Å². The Morgan fingerprint density at radius 3 is 2.49 bits per heavy atom. The molecule has 1 aliphatic heterocycles. The summed E-state index contributed by atoms with van der Waals surface area (Å²) in [5.74, 6) is 6.82. The molecule has 6 nitrogen and oxygen atoms in total. The number of carbonyl (C=O) groups excluding carboxylic acids is 1. The first-order valence-electron chi connectivity index (χ1n) is 15.7. The molecule has 0 amide bonds. The van der Waals surface area contributed by atoms with Crippen molar-refractivity contribution in [2.45, 2.75) is 135 Å². The van der Waals surface area contributed by atoms with Crippen LogP contribution in [0.5, 0.6) is 5.75 Å². The van der Waals surface area contributed by atoms with Gasteiger partial charge in [0.15, 0.2) is 8.32 Å². The second-order valence-electron chi connectivity index (χ2n) is 13.3. The number of ketones is 1. The lowest BCUT2D eigenvalue weighted by molar-refractivity contribution is -0.125. The van der Waals surface area contributed by atoms with Crippen molar-refractivity contribution in [2.24, 2.45) is 11.8 Å². The number of ether oxygens (including phenoxy) is 3. The minimum atomic E-state index is -1.73. The van der Waals surface area contributed by atoms with Gasteiger partial charge in [-0.25, -0.2) is 0 Å². The smallest absolute Gasteiger partial charge is 0.191 e. The van der Waals surface area contributed by atoms with Gasteiger partial charge in [-0.3, -0.25) is 4.79 Å². The fourth-order valence-electron chi connectivity index (χ4n) is 5.39. The van der Waals surface area contributed by atoms with Crippen molar-refractivity contribution in [3.63, 3.8) is 0 Å². The molecule has 2 unspecified atom stereocenters. The lowest BCUT2D eigenvalue weighted by Gasteiger charge is -2.36. The summed E-state index contributed by atoms with van der Waals surface area (Å²) in [5.41, 5.74) is 1.02. The van der Waals surface area contributed by atoms with E-state index in [4.69, 9.17) is 18.6 Å². The highest BCUT2D eigenvalue weighted by Gasteiger charge is 2.54. The van der Waals surface area contributed by atoms with Crippen LogP contribution in [0, 0.1) is 23.7 Å². The summed E-state index contributed by atoms with van der Waals surface area (Å²) in [7, 11) is -0.0824. The minimum Gasteiger partial charge on any atom is -0.497 e. The molecule has 0 spiro atoms. The number of carbonyl (C=O) groups is 1. The standard InChI is InChI=1S/C34H54O6Si/c1-8-9-10-11-12-13-16-27-30(38-24-25-18-20-26(37-5)21-19-25)23-28(35)31(27)32(36)33-29(40-33)17-14-15-22-39-41(6,7)34(2,3)4/h18-21,27,29-33,36H,8-11,14-17,22-24H2,1-7H3/t27-,29+,30+,31?,32?,33-/m0/s1. The van der Waals surface area contributed by atoms with Crippen molar-refractivity contribution in [3.05, 3.63) is 29.8 Å². The lowest BCUT2D eigenvalue weighted by Crippen LogP contribution is -2.40. The molecule has 1 aromatic rings. The van der Waals surface area contributed by atoms with Gasteiger partial charge in [0.05, 0.1) is 37.9 Å². The minimum absolute atomic E-state index is 0.00529. The normalized spacial score (nSPS) is 25.1. The number of hydrogen-bond donors (Lipinski definition) is 1. The molecule has 230 valence electrons. The van der Waals surface area contributed by atoms with Crippen molar-refractivity contribution < 1.29 is 28.5 Å². The van der Waals surface area contributed by atoms with Gasteiger partial charge < -0.3 is 23.7 Å². The fourth-order valence-corrected chi connectivity index (χ4v) is 6.48. The lowest BCUT2D eigenvalue weighted by atomic mass is 9.84. The van der Waals surface area contributed by atoms with Crippen LogP contribution in [0.2, 0.25) is 18.1 Å². The van der Waals surface area contributed by atoms with Gasteiger partial charge in [0.1, 0.15) is 17.6 Å². The van der Waals surface area contributed by atoms with E-state index in [1.165, 1.54) is 12.8 Å². The maximum Gasteiger partial charge on any atom is 0.191 e. The van der Waals surface area contributed by atoms with E-state index in [2.05, 4.69) is 52.6 Å². The van der Waals surface area contributed by atoms with Crippen LogP contribution in [-0.2, 0) is 25.3 Å². The third kappa shape index (κ3) is 9.93. The molecule has 1 saturated heterocycles. The number of rotatable bonds is 16. The second-order valence-corrected chi connectivity index (χ2v) is 18.1. The predicted molar refractivity (Wildman–Crippen MR) is 166 cm³/mol. The van der Waals surface area contributed by atoms with Gasteiger partial charge in [0.25, 0.3) is 0 Å². The van der Waals surface area contributed by atoms with Crippen molar-refractivity contribution in [1.29, 1.82) is 0 Å². The molecular weight excluding hydrogens is 532 g/mol. The van der Waals surface area contributed by atoms with E-state index in [9.17, 15) is 9.90 Å². The molecule has 6 atom stereocenters. The Morgan fingerprint density at radius 2 is 1.83 bits per heavy atom. The summed E-state index contributed by atoms with van der Waals surface area (Å²) in [6.45, 7) is 14.7. The largest absolute Gasteiger partial charge is 0.497 e. The van der Waals surface area contributed by atoms with E-state index in [1.54, 1.807) is 7.11 Å². The van der Waals surface area contributed by atoms with Crippen LogP contribution in [-0.4, -0.2) is 57.3 Å². The van der Waals surface area contributed by atoms with Gasteiger partial charge in [0.2, 0.25) is 0 Å². The number of benzene rings is 1. The number of hydrogen-bond acceptors (Lipinski definition) is 6. The van der Waals surface area contributed by atoms with Gasteiger partial charge in [0, 0.05) is 31.8 Å². The average Bonchev–Trinajstić information content (AvgIpc) is 3.64. The fraction of sp³-hybridized carbons (Fsp3) is 0.735. The van der Waals surface area contributed by atoms with Crippen LogP contribution in [0.25, 0.3) is 0 Å². The maximum atomic E-state index is 13.2. The number of epoxide rings is 1. The monoisotopic (exact) mass is 586 g/mol. The first-order chi connectivity index (χ1) is 19.5. The molecule has 1 saturated carbocycles. The molecule has 0 bridgehead atoms. The highest BCUT2D eigenvalue weighted by atomic mass is 28.4. The van der Waals surface area contributed by atoms with Gasteiger partial charge >= 0.3 is 0 Å². The Bertz CT molecular complexity index is 1000. The number of aliphatic hydroxyl groups excluding tert-OH is 1. The van der Waals surface area contributed by atoms with Gasteiger partial charge in [-0.05, 0) is 61.5 Å². The first kappa shape index (κ1) is 33.8. The first-order valence-corrected chi connectivity index (χ1v) is 18.6. The summed E-state index contributed by atoms with van der Waals surface area (Å²) in [6, 6.07) is 7.78. The predicted octanol–water partition coefficient (Wildman–Crippen LogP) is 7.08. The van der Waals surface area contributed by atoms with E-state index in [1.807, 2.05) is 24.3 Å². The van der Waals surface area contributed by atoms with Crippen LogP contribution >= 0.6 is 0 Å². The molecule has 1 aromatic carbocycles. The molecule has 2 aliphatic rings. The third-order valence-electron chi connectivity index (χ3n) is 9.18. The summed E-state index contributed by atoms with van der Waals surface area (Å²) in [4.78, 5) is 13.2. The van der Waals surface area contributed by atoms with E-state index in [0.29, 0.717) is 19.4 Å². The van der Waals surface area contributed by atoms with E-state index in [0.717, 1.165) is 50.0 Å². The molecule has 0 radical (unpaired) electrons. The maximum absolute atomic E-state index is 13.2. The van der Waals surface area contributed by atoms with Crippen LogP contribution in [0.15, 0.2) is 24.3 Å². The van der Waals surface area contributed by atoms with Crippen LogP contribution in [0.4, 0.5) is 0 Å². The van der Waals surface area contributed by atoms with E-state index < -0.39 is 20.3 Å². The summed E-state index contributed by atoms with van der Waals surface area (Å²) < 4.78 is 23.8. The van der Waals surface area contributed by atoms with E-state index >= 15 is 0 Å². The summed E-state index contributed by atoms with van der Waals surface area (Å²) in [5, 5.41) is 11.6. The zero-order valence-corrected chi connectivity index (χ0v) is 27.5. The van der Waals surface area contributed by atoms with Crippen molar-refractivity contribution in [1.82, 2.24) is 0 Å². The van der Waals surface area contributed by atoms with Crippen LogP contribution in [0.3, 0.4) is 0 Å². The van der Waals surface area contributed by atoms with Crippen LogP contribution in [0.1, 0.15) is 91.0 Å². The molecule has 2 fully saturated rings. The molecule has 3 rings (SSSR count). The van der Waals surface area contributed by atoms with Gasteiger partial charge in [-0.15, -0.1) is 11.8 Å². The highest BCUT2D eigenvalue weighted by molar-refractivity contribution is 6.74.